The quantitative estimate of drug-likeness (QED) is 0.895. The standard InChI is InChI=1S/C17H23NO3/c1-11-4-3-5-15(12(11)2)18-16(19)10-13-6-8-14(9-7-13)17(20)21/h6-9,11-12,15H,3-5,10H2,1-2H3,(H,18,19)(H,20,21). The minimum atomic E-state index is -0.948. The minimum Gasteiger partial charge on any atom is -0.478 e. The second-order valence-electron chi connectivity index (χ2n) is 6.12. The largest absolute Gasteiger partial charge is 0.478 e. The number of carbonyl (C=O) groups is 2. The van der Waals surface area contributed by atoms with Gasteiger partial charge in [-0.1, -0.05) is 38.8 Å². The zero-order chi connectivity index (χ0) is 15.4. The molecule has 1 aliphatic carbocycles. The van der Waals surface area contributed by atoms with Crippen LogP contribution in [0.25, 0.3) is 0 Å². The molecule has 1 saturated carbocycles. The molecular weight excluding hydrogens is 266 g/mol. The lowest BCUT2D eigenvalue weighted by Gasteiger charge is -2.34. The minimum absolute atomic E-state index is 0.0176. The first-order valence-electron chi connectivity index (χ1n) is 7.59. The molecule has 0 saturated heterocycles. The predicted molar refractivity (Wildman–Crippen MR) is 81.2 cm³/mol. The molecule has 0 aromatic heterocycles. The van der Waals surface area contributed by atoms with Crippen molar-refractivity contribution in [2.24, 2.45) is 11.8 Å². The smallest absolute Gasteiger partial charge is 0.335 e. The van der Waals surface area contributed by atoms with Crippen LogP contribution >= 0.6 is 0 Å². The summed E-state index contributed by atoms with van der Waals surface area (Å²) in [4.78, 5) is 22.9. The van der Waals surface area contributed by atoms with Crippen molar-refractivity contribution >= 4 is 11.9 Å². The van der Waals surface area contributed by atoms with Crippen molar-refractivity contribution in [2.75, 3.05) is 0 Å². The fourth-order valence-corrected chi connectivity index (χ4v) is 2.99. The van der Waals surface area contributed by atoms with Gasteiger partial charge >= 0.3 is 5.97 Å². The van der Waals surface area contributed by atoms with E-state index in [0.29, 0.717) is 18.3 Å². The number of carboxylic acids is 1. The van der Waals surface area contributed by atoms with E-state index in [4.69, 9.17) is 5.11 Å². The molecule has 114 valence electrons. The zero-order valence-electron chi connectivity index (χ0n) is 12.6. The number of carbonyl (C=O) groups excluding carboxylic acids is 1. The topological polar surface area (TPSA) is 66.4 Å². The molecule has 1 aromatic carbocycles. The van der Waals surface area contributed by atoms with E-state index in [9.17, 15) is 9.59 Å². The Morgan fingerprint density at radius 2 is 1.86 bits per heavy atom. The Balaban J connectivity index is 1.90. The van der Waals surface area contributed by atoms with Crippen molar-refractivity contribution in [1.29, 1.82) is 0 Å². The molecule has 21 heavy (non-hydrogen) atoms. The highest BCUT2D eigenvalue weighted by atomic mass is 16.4. The Morgan fingerprint density at radius 3 is 2.48 bits per heavy atom. The van der Waals surface area contributed by atoms with Crippen LogP contribution in [-0.4, -0.2) is 23.0 Å². The molecule has 4 nitrogen and oxygen atoms in total. The molecule has 1 aliphatic rings. The molecule has 1 amide bonds. The molecule has 2 rings (SSSR count). The number of hydrogen-bond acceptors (Lipinski definition) is 2. The van der Waals surface area contributed by atoms with Gasteiger partial charge in [0.05, 0.1) is 12.0 Å². The van der Waals surface area contributed by atoms with Gasteiger partial charge < -0.3 is 10.4 Å². The fourth-order valence-electron chi connectivity index (χ4n) is 2.99. The first-order valence-corrected chi connectivity index (χ1v) is 7.59. The van der Waals surface area contributed by atoms with Gasteiger partial charge in [-0.25, -0.2) is 4.79 Å². The van der Waals surface area contributed by atoms with Gasteiger partial charge in [-0.15, -0.1) is 0 Å². The highest BCUT2D eigenvalue weighted by Gasteiger charge is 2.27. The highest BCUT2D eigenvalue weighted by molar-refractivity contribution is 5.87. The van der Waals surface area contributed by atoms with Gasteiger partial charge in [0.25, 0.3) is 0 Å². The van der Waals surface area contributed by atoms with Crippen LogP contribution in [0, 0.1) is 11.8 Å². The Bertz CT molecular complexity index is 509. The predicted octanol–water partition coefficient (Wildman–Crippen LogP) is 2.87. The number of amides is 1. The molecule has 0 spiro atoms. The monoisotopic (exact) mass is 289 g/mol. The zero-order valence-corrected chi connectivity index (χ0v) is 12.6. The Kier molecular flexibility index (Phi) is 4.99. The molecule has 0 aliphatic heterocycles. The maximum atomic E-state index is 12.1. The van der Waals surface area contributed by atoms with Crippen molar-refractivity contribution in [3.63, 3.8) is 0 Å². The molecule has 0 radical (unpaired) electrons. The summed E-state index contributed by atoms with van der Waals surface area (Å²) in [5, 5.41) is 12.0. The van der Waals surface area contributed by atoms with Crippen LogP contribution in [0.4, 0.5) is 0 Å². The molecular formula is C17H23NO3. The van der Waals surface area contributed by atoms with E-state index in [-0.39, 0.29) is 17.5 Å². The van der Waals surface area contributed by atoms with Crippen molar-refractivity contribution in [2.45, 2.75) is 45.6 Å². The highest BCUT2D eigenvalue weighted by Crippen LogP contribution is 2.29. The van der Waals surface area contributed by atoms with E-state index in [1.54, 1.807) is 12.1 Å². The van der Waals surface area contributed by atoms with Crippen molar-refractivity contribution in [3.05, 3.63) is 35.4 Å². The average molecular weight is 289 g/mol. The first-order chi connectivity index (χ1) is 9.97. The number of benzene rings is 1. The second-order valence-corrected chi connectivity index (χ2v) is 6.12. The number of rotatable bonds is 4. The number of carboxylic acid groups (broad SMARTS) is 1. The third kappa shape index (κ3) is 4.06. The summed E-state index contributed by atoms with van der Waals surface area (Å²) in [6.45, 7) is 4.45. The number of nitrogens with one attached hydrogen (secondary N) is 1. The summed E-state index contributed by atoms with van der Waals surface area (Å²) in [6.07, 6.45) is 3.76. The number of aromatic carboxylic acids is 1. The van der Waals surface area contributed by atoms with E-state index in [0.717, 1.165) is 12.0 Å². The van der Waals surface area contributed by atoms with Gasteiger partial charge in [-0.2, -0.15) is 0 Å². The molecule has 4 heteroatoms. The van der Waals surface area contributed by atoms with Gasteiger partial charge in [0, 0.05) is 6.04 Å². The van der Waals surface area contributed by atoms with Gasteiger partial charge in [-0.3, -0.25) is 4.79 Å². The van der Waals surface area contributed by atoms with E-state index >= 15 is 0 Å². The van der Waals surface area contributed by atoms with Gasteiger partial charge in [0.2, 0.25) is 5.91 Å². The van der Waals surface area contributed by atoms with Crippen molar-refractivity contribution < 1.29 is 14.7 Å². The van der Waals surface area contributed by atoms with Gasteiger partial charge in [-0.05, 0) is 36.0 Å². The summed E-state index contributed by atoms with van der Waals surface area (Å²) in [5.41, 5.74) is 1.09. The van der Waals surface area contributed by atoms with Crippen LogP contribution in [0.3, 0.4) is 0 Å². The number of hydrogen-bond donors (Lipinski definition) is 2. The maximum Gasteiger partial charge on any atom is 0.335 e. The van der Waals surface area contributed by atoms with E-state index in [2.05, 4.69) is 19.2 Å². The van der Waals surface area contributed by atoms with Gasteiger partial charge in [0.1, 0.15) is 0 Å². The third-order valence-corrected chi connectivity index (χ3v) is 4.62. The first kappa shape index (κ1) is 15.5. The van der Waals surface area contributed by atoms with E-state index in [1.807, 2.05) is 0 Å². The normalized spacial score (nSPS) is 25.3. The fraction of sp³-hybridized carbons (Fsp3) is 0.529. The van der Waals surface area contributed by atoms with Crippen LogP contribution in [0.2, 0.25) is 0 Å². The molecule has 3 unspecified atom stereocenters. The third-order valence-electron chi connectivity index (χ3n) is 4.62. The Hall–Kier alpha value is -1.84. The molecule has 1 fully saturated rings. The van der Waals surface area contributed by atoms with Gasteiger partial charge in [0.15, 0.2) is 0 Å². The summed E-state index contributed by atoms with van der Waals surface area (Å²) >= 11 is 0. The van der Waals surface area contributed by atoms with Crippen LogP contribution < -0.4 is 5.32 Å². The summed E-state index contributed by atoms with van der Waals surface area (Å²) in [6, 6.07) is 6.75. The molecule has 0 bridgehead atoms. The average Bonchev–Trinajstić information content (AvgIpc) is 2.44. The van der Waals surface area contributed by atoms with Crippen LogP contribution in [-0.2, 0) is 11.2 Å². The summed E-state index contributed by atoms with van der Waals surface area (Å²) in [5.74, 6) is 0.232. The van der Waals surface area contributed by atoms with Crippen LogP contribution in [0.15, 0.2) is 24.3 Å². The lowest BCUT2D eigenvalue weighted by molar-refractivity contribution is -0.121. The van der Waals surface area contributed by atoms with E-state index in [1.165, 1.54) is 25.0 Å². The molecule has 0 heterocycles. The van der Waals surface area contributed by atoms with Crippen LogP contribution in [0.1, 0.15) is 49.0 Å². The lowest BCUT2D eigenvalue weighted by atomic mass is 9.78. The van der Waals surface area contributed by atoms with Crippen molar-refractivity contribution in [1.82, 2.24) is 5.32 Å². The van der Waals surface area contributed by atoms with Crippen molar-refractivity contribution in [3.8, 4) is 0 Å². The van der Waals surface area contributed by atoms with Crippen LogP contribution in [0.5, 0.6) is 0 Å². The summed E-state index contributed by atoms with van der Waals surface area (Å²) < 4.78 is 0. The maximum absolute atomic E-state index is 12.1. The molecule has 1 aromatic rings. The second kappa shape index (κ2) is 6.74. The molecule has 2 N–H and O–H groups in total. The Morgan fingerprint density at radius 1 is 1.19 bits per heavy atom. The SMILES string of the molecule is CC1CCCC(NC(=O)Cc2ccc(C(=O)O)cc2)C1C. The molecule has 3 atom stereocenters. The Labute approximate surface area is 125 Å². The summed E-state index contributed by atoms with van der Waals surface area (Å²) in [7, 11) is 0. The van der Waals surface area contributed by atoms with E-state index < -0.39 is 5.97 Å². The lowest BCUT2D eigenvalue weighted by Crippen LogP contribution is -2.44.